The van der Waals surface area contributed by atoms with Gasteiger partial charge in [-0.25, -0.2) is 14.4 Å². The van der Waals surface area contributed by atoms with Gasteiger partial charge in [-0.2, -0.15) is 0 Å². The standard InChI is InChI=1S/C8H8.C5H6O4.C4H4O4.C4H6/c1-2-8-6-4-3-5-7-8;1-3(5(8)9)2-4(6)7;5-3(6)1-2-4(7)8;1-3-4-2/h2-7H,1H2;1-2H2,(H,6,7)(H,8,9);1-2H,(H,5,6)(H,7,8);3-4H,1-2H2/b;;2-1+;. The highest BCUT2D eigenvalue weighted by Crippen LogP contribution is 1.97. The molecule has 0 unspecified atom stereocenters. The van der Waals surface area contributed by atoms with E-state index in [0.717, 1.165) is 0 Å². The van der Waals surface area contributed by atoms with Gasteiger partial charge in [-0.05, 0) is 5.56 Å². The van der Waals surface area contributed by atoms with Gasteiger partial charge in [0.05, 0.1) is 6.42 Å². The molecule has 0 radical (unpaired) electrons. The highest BCUT2D eigenvalue weighted by Gasteiger charge is 2.07. The number of carbonyl (C=O) groups is 4. The second-order valence-corrected chi connectivity index (χ2v) is 4.58. The van der Waals surface area contributed by atoms with Crippen LogP contribution >= 0.6 is 0 Å². The molecule has 1 aromatic rings. The van der Waals surface area contributed by atoms with E-state index in [2.05, 4.69) is 26.3 Å². The molecule has 0 fully saturated rings. The van der Waals surface area contributed by atoms with Crippen molar-refractivity contribution in [1.29, 1.82) is 0 Å². The predicted molar refractivity (Wildman–Crippen MR) is 110 cm³/mol. The van der Waals surface area contributed by atoms with Gasteiger partial charge in [0.15, 0.2) is 0 Å². The molecule has 156 valence electrons. The Hall–Kier alpha value is -4.20. The lowest BCUT2D eigenvalue weighted by Crippen LogP contribution is -2.04. The van der Waals surface area contributed by atoms with Gasteiger partial charge in [0.25, 0.3) is 0 Å². The Labute approximate surface area is 168 Å². The Kier molecular flexibility index (Phi) is 20.5. The highest BCUT2D eigenvalue weighted by molar-refractivity contribution is 5.91. The number of benzene rings is 1. The van der Waals surface area contributed by atoms with Crippen molar-refractivity contribution in [2.75, 3.05) is 0 Å². The van der Waals surface area contributed by atoms with E-state index < -0.39 is 30.3 Å². The third-order valence-corrected chi connectivity index (χ3v) is 2.24. The summed E-state index contributed by atoms with van der Waals surface area (Å²) in [5.74, 6) is -4.96. The molecular formula is C21H24O8. The smallest absolute Gasteiger partial charge is 0.331 e. The first-order chi connectivity index (χ1) is 13.5. The van der Waals surface area contributed by atoms with E-state index in [1.54, 1.807) is 12.2 Å². The summed E-state index contributed by atoms with van der Waals surface area (Å²) in [7, 11) is 0. The lowest BCUT2D eigenvalue weighted by Gasteiger charge is -1.91. The zero-order chi connectivity index (χ0) is 23.2. The van der Waals surface area contributed by atoms with Crippen LogP contribution in [0.15, 0.2) is 86.5 Å². The molecule has 0 heterocycles. The first-order valence-corrected chi connectivity index (χ1v) is 7.69. The molecule has 1 rings (SSSR count). The van der Waals surface area contributed by atoms with Crippen molar-refractivity contribution in [2.45, 2.75) is 6.42 Å². The molecule has 0 aromatic heterocycles. The number of carboxylic acid groups (broad SMARTS) is 4. The Morgan fingerprint density at radius 2 is 1.21 bits per heavy atom. The van der Waals surface area contributed by atoms with E-state index in [4.69, 9.17) is 20.4 Å². The Bertz CT molecular complexity index is 708. The molecule has 4 N–H and O–H groups in total. The maximum atomic E-state index is 9.87. The summed E-state index contributed by atoms with van der Waals surface area (Å²) in [6.45, 7) is 13.4. The average molecular weight is 404 g/mol. The fourth-order valence-corrected chi connectivity index (χ4v) is 0.990. The van der Waals surface area contributed by atoms with Crippen molar-refractivity contribution in [3.05, 3.63) is 92.1 Å². The van der Waals surface area contributed by atoms with Crippen LogP contribution in [0.2, 0.25) is 0 Å². The monoisotopic (exact) mass is 404 g/mol. The van der Waals surface area contributed by atoms with E-state index in [9.17, 15) is 19.2 Å². The van der Waals surface area contributed by atoms with Gasteiger partial charge in [0.1, 0.15) is 0 Å². The fraction of sp³-hybridized carbons (Fsp3) is 0.0476. The topological polar surface area (TPSA) is 149 Å². The zero-order valence-electron chi connectivity index (χ0n) is 15.7. The molecule has 8 nitrogen and oxygen atoms in total. The summed E-state index contributed by atoms with van der Waals surface area (Å²) < 4.78 is 0. The SMILES string of the molecule is C=C(CC(=O)O)C(=O)O.C=CC=C.C=Cc1ccccc1.O=C(O)/C=C/C(=O)O. The average Bonchev–Trinajstić information content (AvgIpc) is 2.67. The second kappa shape index (κ2) is 20.1. The van der Waals surface area contributed by atoms with Gasteiger partial charge in [-0.1, -0.05) is 74.9 Å². The summed E-state index contributed by atoms with van der Waals surface area (Å²) >= 11 is 0. The van der Waals surface area contributed by atoms with Crippen LogP contribution in [0, 0.1) is 0 Å². The van der Waals surface area contributed by atoms with Gasteiger partial charge in [0, 0.05) is 17.7 Å². The van der Waals surface area contributed by atoms with Gasteiger partial charge >= 0.3 is 23.9 Å². The van der Waals surface area contributed by atoms with Gasteiger partial charge in [-0.3, -0.25) is 4.79 Å². The minimum Gasteiger partial charge on any atom is -0.481 e. The molecular weight excluding hydrogens is 380 g/mol. The second-order valence-electron chi connectivity index (χ2n) is 4.58. The lowest BCUT2D eigenvalue weighted by atomic mass is 10.2. The summed E-state index contributed by atoms with van der Waals surface area (Å²) in [5, 5.41) is 31.7. The zero-order valence-corrected chi connectivity index (χ0v) is 15.7. The summed E-state index contributed by atoms with van der Waals surface area (Å²) in [6.07, 6.45) is 5.72. The molecule has 0 aliphatic rings. The van der Waals surface area contributed by atoms with Crippen molar-refractivity contribution in [3.63, 3.8) is 0 Å². The normalized spacial score (nSPS) is 8.28. The van der Waals surface area contributed by atoms with Gasteiger partial charge in [-0.15, -0.1) is 0 Å². The van der Waals surface area contributed by atoms with Crippen LogP contribution in [0.3, 0.4) is 0 Å². The lowest BCUT2D eigenvalue weighted by molar-refractivity contribution is -0.139. The van der Waals surface area contributed by atoms with Gasteiger partial charge in [0.2, 0.25) is 0 Å². The molecule has 0 saturated heterocycles. The summed E-state index contributed by atoms with van der Waals surface area (Å²) in [4.78, 5) is 38.8. The minimum atomic E-state index is -1.27. The molecule has 0 spiro atoms. The largest absolute Gasteiger partial charge is 0.481 e. The number of carboxylic acids is 4. The predicted octanol–water partition coefficient (Wildman–Crippen LogP) is 3.50. The van der Waals surface area contributed by atoms with Crippen molar-refractivity contribution in [2.24, 2.45) is 0 Å². The Morgan fingerprint density at radius 1 is 0.793 bits per heavy atom. The van der Waals surface area contributed by atoms with Crippen molar-refractivity contribution >= 4 is 30.0 Å². The van der Waals surface area contributed by atoms with E-state index in [1.807, 2.05) is 36.4 Å². The quantitative estimate of drug-likeness (QED) is 0.398. The molecule has 0 saturated carbocycles. The van der Waals surface area contributed by atoms with E-state index >= 15 is 0 Å². The van der Waals surface area contributed by atoms with Crippen LogP contribution < -0.4 is 0 Å². The number of hydrogen-bond donors (Lipinski definition) is 4. The molecule has 0 aliphatic carbocycles. The molecule has 0 bridgehead atoms. The third kappa shape index (κ3) is 28.9. The van der Waals surface area contributed by atoms with Crippen LogP contribution in [0.4, 0.5) is 0 Å². The van der Waals surface area contributed by atoms with Crippen LogP contribution in [0.5, 0.6) is 0 Å². The van der Waals surface area contributed by atoms with Crippen LogP contribution in [-0.4, -0.2) is 44.3 Å². The van der Waals surface area contributed by atoms with Crippen molar-refractivity contribution in [3.8, 4) is 0 Å². The molecule has 0 amide bonds. The Morgan fingerprint density at radius 3 is 1.38 bits per heavy atom. The van der Waals surface area contributed by atoms with Crippen molar-refractivity contribution in [1.82, 2.24) is 0 Å². The van der Waals surface area contributed by atoms with Gasteiger partial charge < -0.3 is 20.4 Å². The van der Waals surface area contributed by atoms with Crippen molar-refractivity contribution < 1.29 is 39.6 Å². The number of rotatable bonds is 7. The number of allylic oxidation sites excluding steroid dienone is 2. The summed E-state index contributed by atoms with van der Waals surface area (Å²) in [5.41, 5.74) is 0.870. The maximum absolute atomic E-state index is 9.87. The number of hydrogen-bond acceptors (Lipinski definition) is 4. The van der Waals surface area contributed by atoms with E-state index in [0.29, 0.717) is 12.2 Å². The summed E-state index contributed by atoms with van der Waals surface area (Å²) in [6, 6.07) is 10.0. The maximum Gasteiger partial charge on any atom is 0.331 e. The van der Waals surface area contributed by atoms with E-state index in [1.165, 1.54) is 5.56 Å². The first-order valence-electron chi connectivity index (χ1n) is 7.69. The first kappa shape index (κ1) is 29.6. The number of aliphatic carboxylic acids is 4. The molecule has 1 aromatic carbocycles. The third-order valence-electron chi connectivity index (χ3n) is 2.24. The molecule has 29 heavy (non-hydrogen) atoms. The van der Waals surface area contributed by atoms with Crippen LogP contribution in [0.1, 0.15) is 12.0 Å². The molecule has 8 heteroatoms. The fourth-order valence-electron chi connectivity index (χ4n) is 0.990. The molecule has 0 aliphatic heterocycles. The minimum absolute atomic E-state index is 0.303. The van der Waals surface area contributed by atoms with E-state index in [-0.39, 0.29) is 5.57 Å². The van der Waals surface area contributed by atoms with Crippen LogP contribution in [-0.2, 0) is 19.2 Å². The Balaban J connectivity index is -0.000000321. The van der Waals surface area contributed by atoms with Crippen LogP contribution in [0.25, 0.3) is 6.08 Å². The highest BCUT2D eigenvalue weighted by atomic mass is 16.4. The molecule has 0 atom stereocenters.